The summed E-state index contributed by atoms with van der Waals surface area (Å²) in [4.78, 5) is 4.61. The summed E-state index contributed by atoms with van der Waals surface area (Å²) in [5, 5.41) is 0. The largest absolute Gasteiger partial charge is 0.264 e. The topological polar surface area (TPSA) is 12.9 Å². The summed E-state index contributed by atoms with van der Waals surface area (Å²) in [5.74, 6) is 2.37. The maximum absolute atomic E-state index is 4.61. The van der Waals surface area contributed by atoms with Crippen molar-refractivity contribution in [2.24, 2.45) is 11.8 Å². The molecule has 0 N–H and O–H groups in total. The molecule has 1 saturated carbocycles. The van der Waals surface area contributed by atoms with Crippen LogP contribution in [0.2, 0.25) is 0 Å². The van der Waals surface area contributed by atoms with Crippen molar-refractivity contribution in [3.63, 3.8) is 0 Å². The van der Waals surface area contributed by atoms with Crippen LogP contribution in [-0.4, -0.2) is 4.98 Å². The lowest BCUT2D eigenvalue weighted by Gasteiger charge is -2.33. The normalized spacial score (nSPS) is 18.9. The van der Waals surface area contributed by atoms with Gasteiger partial charge in [-0.05, 0) is 71.8 Å². The van der Waals surface area contributed by atoms with Crippen LogP contribution < -0.4 is 0 Å². The standard InChI is InChI=1S/C35H55N/c1-4-6-8-10-12-14-18-30-22-24-31(25-23-30)29(3)35-28-36-27-26-34(35)33-21-17-16-20-32(33)19-15-13-11-9-7-5-2/h16-17,20-21,26-31H,4-15,18-19,22-25H2,1-3H3. The summed E-state index contributed by atoms with van der Waals surface area (Å²) >= 11 is 0. The number of aromatic nitrogens is 1. The van der Waals surface area contributed by atoms with Crippen LogP contribution in [0.25, 0.3) is 11.1 Å². The molecule has 2 aromatic rings. The Kier molecular flexibility index (Phi) is 13.7. The van der Waals surface area contributed by atoms with Crippen LogP contribution in [0.3, 0.4) is 0 Å². The van der Waals surface area contributed by atoms with Gasteiger partial charge >= 0.3 is 0 Å². The van der Waals surface area contributed by atoms with Crippen molar-refractivity contribution in [3.05, 3.63) is 53.9 Å². The van der Waals surface area contributed by atoms with E-state index in [1.165, 1.54) is 138 Å². The number of aryl methyl sites for hydroxylation is 1. The van der Waals surface area contributed by atoms with Gasteiger partial charge in [0.05, 0.1) is 0 Å². The molecule has 0 radical (unpaired) electrons. The summed E-state index contributed by atoms with van der Waals surface area (Å²) in [6.45, 7) is 7.09. The Morgan fingerprint density at radius 2 is 1.36 bits per heavy atom. The van der Waals surface area contributed by atoms with E-state index >= 15 is 0 Å². The van der Waals surface area contributed by atoms with Crippen LogP contribution in [0.15, 0.2) is 42.7 Å². The third-order valence-electron chi connectivity index (χ3n) is 9.01. The first-order valence-corrected chi connectivity index (χ1v) is 15.8. The maximum Gasteiger partial charge on any atom is 0.0308 e. The van der Waals surface area contributed by atoms with E-state index in [-0.39, 0.29) is 0 Å². The second kappa shape index (κ2) is 17.0. The van der Waals surface area contributed by atoms with E-state index in [0.29, 0.717) is 5.92 Å². The fourth-order valence-corrected chi connectivity index (χ4v) is 6.56. The van der Waals surface area contributed by atoms with Crippen molar-refractivity contribution < 1.29 is 0 Å². The molecule has 0 spiro atoms. The molecule has 3 rings (SSSR count). The summed E-state index contributed by atoms with van der Waals surface area (Å²) < 4.78 is 0. The summed E-state index contributed by atoms with van der Waals surface area (Å²) in [6.07, 6.45) is 29.2. The molecule has 1 heterocycles. The van der Waals surface area contributed by atoms with Crippen LogP contribution in [0.4, 0.5) is 0 Å². The highest BCUT2D eigenvalue weighted by Gasteiger charge is 2.27. The number of unbranched alkanes of at least 4 members (excludes halogenated alkanes) is 10. The minimum atomic E-state index is 0.589. The van der Waals surface area contributed by atoms with Gasteiger partial charge in [-0.25, -0.2) is 0 Å². The van der Waals surface area contributed by atoms with Crippen LogP contribution in [0.1, 0.15) is 147 Å². The minimum Gasteiger partial charge on any atom is -0.264 e. The van der Waals surface area contributed by atoms with E-state index in [4.69, 9.17) is 0 Å². The number of pyridine rings is 1. The molecule has 1 fully saturated rings. The highest BCUT2D eigenvalue weighted by atomic mass is 14.6. The maximum atomic E-state index is 4.61. The molecule has 1 aromatic carbocycles. The van der Waals surface area contributed by atoms with Gasteiger partial charge in [-0.15, -0.1) is 0 Å². The Labute approximate surface area is 223 Å². The third kappa shape index (κ3) is 9.35. The van der Waals surface area contributed by atoms with Gasteiger partial charge in [0.2, 0.25) is 0 Å². The average molecular weight is 490 g/mol. The van der Waals surface area contributed by atoms with Gasteiger partial charge in [-0.3, -0.25) is 4.98 Å². The Hall–Kier alpha value is -1.63. The molecule has 1 nitrogen and oxygen atoms in total. The Morgan fingerprint density at radius 3 is 2.08 bits per heavy atom. The summed E-state index contributed by atoms with van der Waals surface area (Å²) in [6, 6.07) is 11.5. The first-order chi connectivity index (χ1) is 17.7. The van der Waals surface area contributed by atoms with E-state index in [1.807, 2.05) is 6.20 Å². The molecule has 36 heavy (non-hydrogen) atoms. The van der Waals surface area contributed by atoms with Crippen molar-refractivity contribution in [2.75, 3.05) is 0 Å². The summed E-state index contributed by atoms with van der Waals surface area (Å²) in [7, 11) is 0. The zero-order valence-electron chi connectivity index (χ0n) is 23.9. The van der Waals surface area contributed by atoms with E-state index < -0.39 is 0 Å². The van der Waals surface area contributed by atoms with Gasteiger partial charge in [0.25, 0.3) is 0 Å². The Bertz CT molecular complexity index is 832. The molecule has 1 aliphatic carbocycles. The van der Waals surface area contributed by atoms with Gasteiger partial charge in [0.1, 0.15) is 0 Å². The van der Waals surface area contributed by atoms with Crippen LogP contribution in [0.5, 0.6) is 0 Å². The van der Waals surface area contributed by atoms with Gasteiger partial charge in [0, 0.05) is 12.4 Å². The van der Waals surface area contributed by atoms with Gasteiger partial charge in [0.15, 0.2) is 0 Å². The zero-order valence-corrected chi connectivity index (χ0v) is 23.9. The minimum absolute atomic E-state index is 0.589. The van der Waals surface area contributed by atoms with E-state index in [9.17, 15) is 0 Å². The van der Waals surface area contributed by atoms with Crippen molar-refractivity contribution in [2.45, 2.75) is 142 Å². The average Bonchev–Trinajstić information content (AvgIpc) is 2.93. The van der Waals surface area contributed by atoms with Crippen LogP contribution in [-0.2, 0) is 6.42 Å². The molecule has 1 aromatic heterocycles. The molecule has 0 amide bonds. The predicted octanol–water partition coefficient (Wildman–Crippen LogP) is 11.3. The molecule has 1 atom stereocenters. The van der Waals surface area contributed by atoms with Crippen molar-refractivity contribution in [3.8, 4) is 11.1 Å². The van der Waals surface area contributed by atoms with E-state index in [0.717, 1.165) is 11.8 Å². The molecule has 200 valence electrons. The molecule has 0 saturated heterocycles. The van der Waals surface area contributed by atoms with Crippen molar-refractivity contribution >= 4 is 0 Å². The molecule has 1 heteroatoms. The molecule has 0 bridgehead atoms. The predicted molar refractivity (Wildman–Crippen MR) is 159 cm³/mol. The zero-order chi connectivity index (χ0) is 25.4. The van der Waals surface area contributed by atoms with Crippen LogP contribution >= 0.6 is 0 Å². The highest BCUT2D eigenvalue weighted by molar-refractivity contribution is 5.71. The lowest BCUT2D eigenvalue weighted by atomic mass is 9.72. The Morgan fingerprint density at radius 1 is 0.722 bits per heavy atom. The molecule has 0 aliphatic heterocycles. The molecular formula is C35H55N. The van der Waals surface area contributed by atoms with Crippen molar-refractivity contribution in [1.29, 1.82) is 0 Å². The van der Waals surface area contributed by atoms with Gasteiger partial charge in [-0.2, -0.15) is 0 Å². The van der Waals surface area contributed by atoms with Gasteiger partial charge in [-0.1, -0.05) is 135 Å². The molecule has 1 aliphatic rings. The fraction of sp³-hybridized carbons (Fsp3) is 0.686. The fourth-order valence-electron chi connectivity index (χ4n) is 6.56. The van der Waals surface area contributed by atoms with E-state index in [1.54, 1.807) is 0 Å². The lowest BCUT2D eigenvalue weighted by molar-refractivity contribution is 0.236. The lowest BCUT2D eigenvalue weighted by Crippen LogP contribution is -2.20. The molecule has 1 unspecified atom stereocenters. The smallest absolute Gasteiger partial charge is 0.0308 e. The number of hydrogen-bond acceptors (Lipinski definition) is 1. The number of rotatable bonds is 17. The second-order valence-electron chi connectivity index (χ2n) is 11.8. The monoisotopic (exact) mass is 489 g/mol. The second-order valence-corrected chi connectivity index (χ2v) is 11.8. The number of nitrogens with zero attached hydrogens (tertiary/aromatic N) is 1. The van der Waals surface area contributed by atoms with E-state index in [2.05, 4.69) is 62.3 Å². The van der Waals surface area contributed by atoms with Gasteiger partial charge < -0.3 is 0 Å². The first-order valence-electron chi connectivity index (χ1n) is 15.8. The van der Waals surface area contributed by atoms with Crippen molar-refractivity contribution in [1.82, 2.24) is 4.98 Å². The first kappa shape index (κ1) is 28.9. The van der Waals surface area contributed by atoms with Crippen LogP contribution in [0, 0.1) is 11.8 Å². The number of hydrogen-bond donors (Lipinski definition) is 0. The number of benzene rings is 1. The quantitative estimate of drug-likeness (QED) is 0.201. The Balaban J connectivity index is 1.55. The summed E-state index contributed by atoms with van der Waals surface area (Å²) in [5.41, 5.74) is 5.89. The molecular weight excluding hydrogens is 434 g/mol. The highest BCUT2D eigenvalue weighted by Crippen LogP contribution is 2.42. The SMILES string of the molecule is CCCCCCCCc1ccccc1-c1ccncc1C(C)C1CCC(CCCCCCCC)CC1. The third-order valence-corrected chi connectivity index (χ3v) is 9.01.